The number of hydrogen-bond donors (Lipinski definition) is 0. The molecule has 5 nitrogen and oxygen atoms in total. The lowest BCUT2D eigenvalue weighted by molar-refractivity contribution is -0.141. The van der Waals surface area contributed by atoms with Gasteiger partial charge in [-0.2, -0.15) is 0 Å². The van der Waals surface area contributed by atoms with Crippen molar-refractivity contribution < 1.29 is 23.8 Å². The number of ether oxygens (including phenoxy) is 3. The molecule has 124 valence electrons. The Hall–Kier alpha value is -2.01. The number of halogens is 1. The van der Waals surface area contributed by atoms with Gasteiger partial charge in [0.1, 0.15) is 17.1 Å². The predicted molar refractivity (Wildman–Crippen MR) is 87.2 cm³/mol. The van der Waals surface area contributed by atoms with E-state index >= 15 is 0 Å². The fraction of sp³-hybridized carbons (Fsp3) is 0.412. The summed E-state index contributed by atoms with van der Waals surface area (Å²) in [5, 5.41) is -0.599. The molecule has 23 heavy (non-hydrogen) atoms. The molecule has 1 heterocycles. The number of fused-ring (bicyclic) bond motifs is 1. The van der Waals surface area contributed by atoms with Gasteiger partial charge in [0.2, 0.25) is 0 Å². The number of benzene rings is 1. The lowest BCUT2D eigenvalue weighted by Crippen LogP contribution is -2.33. The van der Waals surface area contributed by atoms with Crippen molar-refractivity contribution in [2.75, 3.05) is 14.2 Å². The summed E-state index contributed by atoms with van der Waals surface area (Å²) in [7, 11) is 2.90. The van der Waals surface area contributed by atoms with E-state index in [2.05, 4.69) is 4.74 Å². The van der Waals surface area contributed by atoms with Gasteiger partial charge in [0.05, 0.1) is 25.3 Å². The lowest BCUT2D eigenvalue weighted by Gasteiger charge is -2.33. The molecule has 0 radical (unpaired) electrons. The van der Waals surface area contributed by atoms with Crippen molar-refractivity contribution in [3.63, 3.8) is 0 Å². The van der Waals surface area contributed by atoms with Gasteiger partial charge in [0.25, 0.3) is 5.24 Å². The van der Waals surface area contributed by atoms with Crippen molar-refractivity contribution >= 4 is 28.9 Å². The SMILES string of the molecule is COC(=O)CCC1(C)C=Cc2c(OC)c(C)cc(C(=O)Cl)c2O1. The van der Waals surface area contributed by atoms with Gasteiger partial charge in [0, 0.05) is 12.8 Å². The summed E-state index contributed by atoms with van der Waals surface area (Å²) in [4.78, 5) is 23.1. The molecule has 0 fully saturated rings. The summed E-state index contributed by atoms with van der Waals surface area (Å²) in [6, 6.07) is 1.65. The molecular weight excluding hydrogens is 320 g/mol. The largest absolute Gasteiger partial charge is 0.496 e. The van der Waals surface area contributed by atoms with Crippen LogP contribution in [0.15, 0.2) is 12.1 Å². The van der Waals surface area contributed by atoms with E-state index in [0.29, 0.717) is 23.5 Å². The Bertz CT molecular complexity index is 680. The Labute approximate surface area is 140 Å². The average molecular weight is 339 g/mol. The van der Waals surface area contributed by atoms with Crippen LogP contribution < -0.4 is 9.47 Å². The Balaban J connectivity index is 2.43. The van der Waals surface area contributed by atoms with Crippen molar-refractivity contribution in [3.8, 4) is 11.5 Å². The lowest BCUT2D eigenvalue weighted by atomic mass is 9.92. The second kappa shape index (κ2) is 6.62. The fourth-order valence-corrected chi connectivity index (χ4v) is 2.74. The summed E-state index contributed by atoms with van der Waals surface area (Å²) >= 11 is 5.69. The van der Waals surface area contributed by atoms with E-state index in [1.165, 1.54) is 7.11 Å². The molecular formula is C17H19ClO5. The molecule has 2 rings (SSSR count). The number of rotatable bonds is 5. The van der Waals surface area contributed by atoms with Crippen LogP contribution in [0.1, 0.15) is 41.3 Å². The molecule has 1 aliphatic rings. The Morgan fingerprint density at radius 2 is 2.04 bits per heavy atom. The first-order chi connectivity index (χ1) is 10.8. The fourth-order valence-electron chi connectivity index (χ4n) is 2.60. The molecule has 0 saturated carbocycles. The van der Waals surface area contributed by atoms with Crippen LogP contribution in [-0.2, 0) is 9.53 Å². The van der Waals surface area contributed by atoms with E-state index in [0.717, 1.165) is 5.56 Å². The third-order valence-corrected chi connectivity index (χ3v) is 4.06. The third-order valence-electron chi connectivity index (χ3n) is 3.86. The summed E-state index contributed by atoms with van der Waals surface area (Å²) in [5.41, 5.74) is 1.02. The minimum absolute atomic E-state index is 0.208. The Morgan fingerprint density at radius 3 is 2.61 bits per heavy atom. The standard InChI is InChI=1S/C17H19ClO5/c1-10-9-12(16(18)20)15-11(14(10)22-4)5-7-17(2,23-15)8-6-13(19)21-3/h5,7,9H,6,8H2,1-4H3. The highest BCUT2D eigenvalue weighted by molar-refractivity contribution is 6.68. The van der Waals surface area contributed by atoms with Gasteiger partial charge in [-0.3, -0.25) is 9.59 Å². The highest BCUT2D eigenvalue weighted by atomic mass is 35.5. The molecule has 1 unspecified atom stereocenters. The Kier molecular flexibility index (Phi) is 5.00. The van der Waals surface area contributed by atoms with Crippen LogP contribution in [0.4, 0.5) is 0 Å². The molecule has 1 aromatic rings. The van der Waals surface area contributed by atoms with Gasteiger partial charge in [-0.25, -0.2) is 0 Å². The first-order valence-corrected chi connectivity index (χ1v) is 7.55. The van der Waals surface area contributed by atoms with E-state index in [1.807, 2.05) is 26.0 Å². The van der Waals surface area contributed by atoms with Crippen LogP contribution in [0.25, 0.3) is 6.08 Å². The number of aryl methyl sites for hydroxylation is 1. The topological polar surface area (TPSA) is 61.8 Å². The van der Waals surface area contributed by atoms with Crippen molar-refractivity contribution in [2.45, 2.75) is 32.3 Å². The predicted octanol–water partition coefficient (Wildman–Crippen LogP) is 3.50. The van der Waals surface area contributed by atoms with E-state index in [-0.39, 0.29) is 18.0 Å². The molecule has 0 aliphatic carbocycles. The van der Waals surface area contributed by atoms with Crippen molar-refractivity contribution in [2.24, 2.45) is 0 Å². The summed E-state index contributed by atoms with van der Waals surface area (Å²) in [6.45, 7) is 3.67. The molecule has 1 aromatic carbocycles. The van der Waals surface area contributed by atoms with E-state index in [4.69, 9.17) is 21.1 Å². The van der Waals surface area contributed by atoms with Crippen LogP contribution in [0.2, 0.25) is 0 Å². The molecule has 0 amide bonds. The monoisotopic (exact) mass is 338 g/mol. The first-order valence-electron chi connectivity index (χ1n) is 7.18. The smallest absolute Gasteiger partial charge is 0.305 e. The van der Waals surface area contributed by atoms with Gasteiger partial charge in [0.15, 0.2) is 0 Å². The summed E-state index contributed by atoms with van der Waals surface area (Å²) < 4.78 is 16.1. The van der Waals surface area contributed by atoms with Crippen LogP contribution in [0.5, 0.6) is 11.5 Å². The molecule has 6 heteroatoms. The van der Waals surface area contributed by atoms with Crippen LogP contribution in [-0.4, -0.2) is 31.0 Å². The normalized spacial score (nSPS) is 18.8. The van der Waals surface area contributed by atoms with Gasteiger partial charge in [-0.05, 0) is 49.2 Å². The number of carbonyl (C=O) groups excluding carboxylic acids is 2. The zero-order valence-corrected chi connectivity index (χ0v) is 14.3. The van der Waals surface area contributed by atoms with Crippen molar-refractivity contribution in [3.05, 3.63) is 28.8 Å². The van der Waals surface area contributed by atoms with E-state index in [9.17, 15) is 9.59 Å². The Morgan fingerprint density at radius 1 is 1.35 bits per heavy atom. The number of esters is 1. The minimum Gasteiger partial charge on any atom is -0.496 e. The first kappa shape index (κ1) is 17.3. The highest BCUT2D eigenvalue weighted by Gasteiger charge is 2.32. The van der Waals surface area contributed by atoms with Gasteiger partial charge >= 0.3 is 5.97 Å². The zero-order chi connectivity index (χ0) is 17.2. The molecule has 0 aromatic heterocycles. The van der Waals surface area contributed by atoms with E-state index < -0.39 is 10.8 Å². The maximum Gasteiger partial charge on any atom is 0.305 e. The molecule has 0 saturated heterocycles. The maximum atomic E-state index is 11.7. The van der Waals surface area contributed by atoms with E-state index in [1.54, 1.807) is 13.2 Å². The second-order valence-corrected chi connectivity index (χ2v) is 5.96. The van der Waals surface area contributed by atoms with Gasteiger partial charge < -0.3 is 14.2 Å². The maximum absolute atomic E-state index is 11.7. The van der Waals surface area contributed by atoms with Crippen LogP contribution >= 0.6 is 11.6 Å². The molecule has 0 bridgehead atoms. The highest BCUT2D eigenvalue weighted by Crippen LogP contribution is 2.43. The van der Waals surface area contributed by atoms with Crippen molar-refractivity contribution in [1.29, 1.82) is 0 Å². The average Bonchev–Trinajstić information content (AvgIpc) is 2.52. The number of carbonyl (C=O) groups is 2. The summed E-state index contributed by atoms with van der Waals surface area (Å²) in [6.07, 6.45) is 4.32. The zero-order valence-electron chi connectivity index (χ0n) is 13.6. The second-order valence-electron chi connectivity index (χ2n) is 5.61. The van der Waals surface area contributed by atoms with Crippen LogP contribution in [0, 0.1) is 6.92 Å². The molecule has 0 N–H and O–H groups in total. The number of hydrogen-bond acceptors (Lipinski definition) is 5. The molecule has 1 atom stereocenters. The van der Waals surface area contributed by atoms with Gasteiger partial charge in [-0.15, -0.1) is 0 Å². The van der Waals surface area contributed by atoms with Crippen molar-refractivity contribution in [1.82, 2.24) is 0 Å². The third kappa shape index (κ3) is 3.50. The molecule has 1 aliphatic heterocycles. The minimum atomic E-state index is -0.734. The summed E-state index contributed by atoms with van der Waals surface area (Å²) in [5.74, 6) is 0.694. The molecule has 0 spiro atoms. The van der Waals surface area contributed by atoms with Crippen LogP contribution in [0.3, 0.4) is 0 Å². The number of methoxy groups -OCH3 is 2. The quantitative estimate of drug-likeness (QED) is 0.607. The van der Waals surface area contributed by atoms with Gasteiger partial charge in [-0.1, -0.05) is 0 Å².